The van der Waals surface area contributed by atoms with Crippen LogP contribution in [0.3, 0.4) is 0 Å². The van der Waals surface area contributed by atoms with Crippen molar-refractivity contribution in [1.82, 2.24) is 4.72 Å². The summed E-state index contributed by atoms with van der Waals surface area (Å²) in [4.78, 5) is 0. The van der Waals surface area contributed by atoms with E-state index in [2.05, 4.69) is 30.7 Å². The smallest absolute Gasteiger partial charge is 0.251 e. The van der Waals surface area contributed by atoms with Crippen LogP contribution < -0.4 is 10.5 Å². The summed E-state index contributed by atoms with van der Waals surface area (Å²) >= 11 is 1.21. The third-order valence-electron chi connectivity index (χ3n) is 4.87. The molecule has 144 valence electrons. The Morgan fingerprint density at radius 3 is 2.50 bits per heavy atom. The van der Waals surface area contributed by atoms with E-state index in [1.54, 1.807) is 17.5 Å². The van der Waals surface area contributed by atoms with E-state index >= 15 is 0 Å². The minimum atomic E-state index is -3.61. The zero-order chi connectivity index (χ0) is 19.0. The molecule has 2 rings (SSSR count). The van der Waals surface area contributed by atoms with Gasteiger partial charge >= 0.3 is 0 Å². The van der Waals surface area contributed by atoms with Gasteiger partial charge in [-0.1, -0.05) is 69.5 Å². The third kappa shape index (κ3) is 5.91. The summed E-state index contributed by atoms with van der Waals surface area (Å²) in [5.41, 5.74) is 6.88. The topological polar surface area (TPSA) is 72.2 Å². The standard InChI is InChI=1S/C20H30N2O2S2/c1-3-4-6-10-17(2)20(21,15-14-18-11-7-5-8-12-18)22-26(23,24)19-13-9-16-25-19/h5,7-9,11-13,16-17,22H,3-4,6,10,14-15,21H2,1-2H3. The number of benzene rings is 1. The highest BCUT2D eigenvalue weighted by molar-refractivity contribution is 7.91. The molecule has 1 heterocycles. The van der Waals surface area contributed by atoms with Crippen LogP contribution >= 0.6 is 11.3 Å². The predicted molar refractivity (Wildman–Crippen MR) is 110 cm³/mol. The summed E-state index contributed by atoms with van der Waals surface area (Å²) in [6.45, 7) is 4.22. The number of aryl methyl sites for hydroxylation is 1. The lowest BCUT2D eigenvalue weighted by Gasteiger charge is -2.36. The molecule has 0 bridgehead atoms. The number of unbranched alkanes of at least 4 members (excludes halogenated alkanes) is 2. The van der Waals surface area contributed by atoms with Crippen LogP contribution in [0.4, 0.5) is 0 Å². The third-order valence-corrected chi connectivity index (χ3v) is 7.80. The predicted octanol–water partition coefficient (Wildman–Crippen LogP) is 4.53. The lowest BCUT2D eigenvalue weighted by Crippen LogP contribution is -2.60. The summed E-state index contributed by atoms with van der Waals surface area (Å²) in [7, 11) is -3.61. The van der Waals surface area contributed by atoms with E-state index in [-0.39, 0.29) is 5.92 Å². The van der Waals surface area contributed by atoms with Gasteiger partial charge in [-0.15, -0.1) is 11.3 Å². The lowest BCUT2D eigenvalue weighted by molar-refractivity contribution is 0.233. The van der Waals surface area contributed by atoms with Crippen LogP contribution in [-0.4, -0.2) is 14.1 Å². The van der Waals surface area contributed by atoms with Crippen LogP contribution in [0.15, 0.2) is 52.1 Å². The maximum atomic E-state index is 12.8. The zero-order valence-electron chi connectivity index (χ0n) is 15.6. The maximum absolute atomic E-state index is 12.8. The molecule has 4 nitrogen and oxygen atoms in total. The van der Waals surface area contributed by atoms with Gasteiger partial charge in [-0.05, 0) is 42.2 Å². The van der Waals surface area contributed by atoms with Gasteiger partial charge in [0.2, 0.25) is 0 Å². The summed E-state index contributed by atoms with van der Waals surface area (Å²) < 4.78 is 28.7. The number of rotatable bonds is 11. The van der Waals surface area contributed by atoms with Crippen molar-refractivity contribution in [3.63, 3.8) is 0 Å². The van der Waals surface area contributed by atoms with Gasteiger partial charge in [0, 0.05) is 0 Å². The fourth-order valence-corrected chi connectivity index (χ4v) is 5.48. The van der Waals surface area contributed by atoms with Gasteiger partial charge in [0.05, 0.1) is 5.66 Å². The molecule has 1 aromatic carbocycles. The van der Waals surface area contributed by atoms with Crippen LogP contribution in [-0.2, 0) is 16.4 Å². The first-order valence-corrected chi connectivity index (χ1v) is 11.6. The van der Waals surface area contributed by atoms with Gasteiger partial charge in [0.15, 0.2) is 0 Å². The quantitative estimate of drug-likeness (QED) is 0.434. The molecular formula is C20H30N2O2S2. The zero-order valence-corrected chi connectivity index (χ0v) is 17.3. The van der Waals surface area contributed by atoms with Gasteiger partial charge < -0.3 is 5.73 Å². The van der Waals surface area contributed by atoms with Crippen molar-refractivity contribution >= 4 is 21.4 Å². The number of hydrogen-bond acceptors (Lipinski definition) is 4. The van der Waals surface area contributed by atoms with E-state index in [1.165, 1.54) is 16.9 Å². The molecule has 0 aliphatic rings. The van der Waals surface area contributed by atoms with Crippen molar-refractivity contribution in [1.29, 1.82) is 0 Å². The molecule has 1 aromatic heterocycles. The molecule has 0 amide bonds. The van der Waals surface area contributed by atoms with Crippen LogP contribution in [0.5, 0.6) is 0 Å². The van der Waals surface area contributed by atoms with Gasteiger partial charge in [-0.3, -0.25) is 0 Å². The van der Waals surface area contributed by atoms with Crippen molar-refractivity contribution in [3.8, 4) is 0 Å². The molecule has 2 atom stereocenters. The molecular weight excluding hydrogens is 364 g/mol. The van der Waals surface area contributed by atoms with E-state index in [9.17, 15) is 8.42 Å². The molecule has 0 saturated carbocycles. The molecule has 6 heteroatoms. The second-order valence-electron chi connectivity index (χ2n) is 6.96. The maximum Gasteiger partial charge on any atom is 0.251 e. The van der Waals surface area contributed by atoms with Gasteiger partial charge in [0.25, 0.3) is 10.0 Å². The number of thiophene rings is 1. The van der Waals surface area contributed by atoms with Gasteiger partial charge in [0.1, 0.15) is 4.21 Å². The van der Waals surface area contributed by atoms with Crippen molar-refractivity contribution < 1.29 is 8.42 Å². The largest absolute Gasteiger partial charge is 0.312 e. The molecule has 0 saturated heterocycles. The van der Waals surface area contributed by atoms with E-state index in [4.69, 9.17) is 5.73 Å². The Kier molecular flexibility index (Phi) is 7.83. The highest BCUT2D eigenvalue weighted by atomic mass is 32.2. The van der Waals surface area contributed by atoms with Crippen LogP contribution in [0.1, 0.15) is 51.5 Å². The number of sulfonamides is 1. The minimum Gasteiger partial charge on any atom is -0.312 e. The minimum absolute atomic E-state index is 0.0486. The van der Waals surface area contributed by atoms with Crippen molar-refractivity contribution in [2.24, 2.45) is 11.7 Å². The molecule has 2 aromatic rings. The Hall–Kier alpha value is -1.21. The lowest BCUT2D eigenvalue weighted by atomic mass is 9.86. The first-order chi connectivity index (χ1) is 12.4. The van der Waals surface area contributed by atoms with E-state index in [0.29, 0.717) is 10.6 Å². The van der Waals surface area contributed by atoms with Gasteiger partial charge in [-0.25, -0.2) is 8.42 Å². The van der Waals surface area contributed by atoms with E-state index in [0.717, 1.165) is 32.1 Å². The Labute approximate surface area is 161 Å². The molecule has 0 aliphatic heterocycles. The first-order valence-electron chi connectivity index (χ1n) is 9.27. The summed E-state index contributed by atoms with van der Waals surface area (Å²) in [6.07, 6.45) is 5.54. The van der Waals surface area contributed by atoms with E-state index < -0.39 is 15.7 Å². The normalized spacial score (nSPS) is 15.5. The molecule has 26 heavy (non-hydrogen) atoms. The van der Waals surface area contributed by atoms with Crippen molar-refractivity contribution in [2.45, 2.75) is 62.2 Å². The summed E-state index contributed by atoms with van der Waals surface area (Å²) in [5, 5.41) is 1.77. The summed E-state index contributed by atoms with van der Waals surface area (Å²) in [5.74, 6) is 0.0486. The van der Waals surface area contributed by atoms with Crippen LogP contribution in [0.25, 0.3) is 0 Å². The van der Waals surface area contributed by atoms with Gasteiger partial charge in [-0.2, -0.15) is 4.72 Å². The van der Waals surface area contributed by atoms with E-state index in [1.807, 2.05) is 18.2 Å². The summed E-state index contributed by atoms with van der Waals surface area (Å²) in [6, 6.07) is 13.4. The van der Waals surface area contributed by atoms with Crippen LogP contribution in [0.2, 0.25) is 0 Å². The number of nitrogens with two attached hydrogens (primary N) is 1. The Balaban J connectivity index is 2.16. The highest BCUT2D eigenvalue weighted by Gasteiger charge is 2.36. The van der Waals surface area contributed by atoms with Crippen molar-refractivity contribution in [2.75, 3.05) is 0 Å². The Morgan fingerprint density at radius 1 is 1.15 bits per heavy atom. The average molecular weight is 395 g/mol. The molecule has 2 unspecified atom stereocenters. The number of hydrogen-bond donors (Lipinski definition) is 2. The Bertz CT molecular complexity index is 745. The molecule has 0 fully saturated rings. The number of nitrogens with one attached hydrogen (secondary N) is 1. The SMILES string of the molecule is CCCCCC(C)C(N)(CCc1ccccc1)NS(=O)(=O)c1cccs1. The molecule has 0 spiro atoms. The second-order valence-corrected chi connectivity index (χ2v) is 9.82. The fraction of sp³-hybridized carbons (Fsp3) is 0.500. The fourth-order valence-electron chi connectivity index (χ4n) is 3.07. The Morgan fingerprint density at radius 2 is 1.88 bits per heavy atom. The average Bonchev–Trinajstić information content (AvgIpc) is 3.16. The first kappa shape index (κ1) is 21.1. The second kappa shape index (κ2) is 9.65. The molecule has 0 radical (unpaired) electrons. The monoisotopic (exact) mass is 394 g/mol. The van der Waals surface area contributed by atoms with Crippen molar-refractivity contribution in [3.05, 3.63) is 53.4 Å². The molecule has 0 aliphatic carbocycles. The molecule has 3 N–H and O–H groups in total. The van der Waals surface area contributed by atoms with Crippen LogP contribution in [0, 0.1) is 5.92 Å². The highest BCUT2D eigenvalue weighted by Crippen LogP contribution is 2.27.